The number of piperazine rings is 1. The van der Waals surface area contributed by atoms with E-state index in [4.69, 9.17) is 31.5 Å². The maximum Gasteiger partial charge on any atom is 0.290 e. The number of amides is 1. The van der Waals surface area contributed by atoms with Gasteiger partial charge in [0.15, 0.2) is 29.1 Å². The van der Waals surface area contributed by atoms with E-state index in [9.17, 15) is 9.18 Å². The molecule has 1 unspecified atom stereocenters. The Balaban J connectivity index is 0.00000154. The van der Waals surface area contributed by atoms with Crippen LogP contribution in [-0.4, -0.2) is 106 Å². The van der Waals surface area contributed by atoms with Crippen molar-refractivity contribution in [1.29, 1.82) is 5.26 Å². The predicted molar refractivity (Wildman–Crippen MR) is 168 cm³/mol. The topological polar surface area (TPSA) is 139 Å². The summed E-state index contributed by atoms with van der Waals surface area (Å²) in [5.41, 5.74) is 1.60. The highest BCUT2D eigenvalue weighted by Crippen LogP contribution is 2.32. The summed E-state index contributed by atoms with van der Waals surface area (Å²) in [5.74, 6) is -2.44. The molecule has 1 fully saturated rings. The van der Waals surface area contributed by atoms with Gasteiger partial charge in [-0.2, -0.15) is 9.65 Å². The number of rotatable bonds is 9. The minimum absolute atomic E-state index is 0.0384. The lowest BCUT2D eigenvalue weighted by atomic mass is 10.1. The van der Waals surface area contributed by atoms with Crippen molar-refractivity contribution in [2.75, 3.05) is 58.7 Å². The van der Waals surface area contributed by atoms with Crippen LogP contribution in [0.15, 0.2) is 48.9 Å². The number of nitrogens with zero attached hydrogens (tertiary/aromatic N) is 7. The van der Waals surface area contributed by atoms with Crippen LogP contribution in [0.25, 0.3) is 16.9 Å². The van der Waals surface area contributed by atoms with Crippen molar-refractivity contribution in [2.24, 2.45) is 0 Å². The molecular formula is C31H33ClF2N8O4. The molecule has 0 bridgehead atoms. The molecule has 46 heavy (non-hydrogen) atoms. The van der Waals surface area contributed by atoms with Crippen molar-refractivity contribution in [3.8, 4) is 23.1 Å². The van der Waals surface area contributed by atoms with Crippen LogP contribution in [0, 0.1) is 23.0 Å². The van der Waals surface area contributed by atoms with Gasteiger partial charge < -0.3 is 25.0 Å². The Morgan fingerprint density at radius 3 is 2.57 bits per heavy atom. The van der Waals surface area contributed by atoms with Gasteiger partial charge in [0.1, 0.15) is 6.07 Å². The summed E-state index contributed by atoms with van der Waals surface area (Å²) in [7, 11) is 4.09. The normalized spacial score (nSPS) is 13.9. The van der Waals surface area contributed by atoms with E-state index < -0.39 is 17.7 Å². The van der Waals surface area contributed by atoms with Gasteiger partial charge >= 0.3 is 0 Å². The van der Waals surface area contributed by atoms with Crippen LogP contribution in [0.3, 0.4) is 0 Å². The molecule has 2 N–H and O–H groups in total. The molecule has 0 spiro atoms. The van der Waals surface area contributed by atoms with Crippen LogP contribution in [0.1, 0.15) is 17.3 Å². The first-order valence-electron chi connectivity index (χ1n) is 14.2. The SMILES string of the molecule is CC(C#N)Oc1ccc(-c2cnc3c(Nc4ccc(C(=O)N5CCN(CCN(C)C)CC5)c(Cl)c4)nccn23)c(F)c1F.O=CO. The Kier molecular flexibility index (Phi) is 11.4. The number of ether oxygens (including phenoxy) is 1. The first-order valence-corrected chi connectivity index (χ1v) is 14.6. The summed E-state index contributed by atoms with van der Waals surface area (Å²) in [6.45, 7) is 6.02. The largest absolute Gasteiger partial charge is 0.483 e. The van der Waals surface area contributed by atoms with E-state index in [1.54, 1.807) is 28.8 Å². The van der Waals surface area contributed by atoms with Crippen LogP contribution in [0.4, 0.5) is 20.3 Å². The number of fused-ring (bicyclic) bond motifs is 1. The molecule has 2 aromatic heterocycles. The van der Waals surface area contributed by atoms with E-state index in [-0.39, 0.29) is 29.4 Å². The van der Waals surface area contributed by atoms with Crippen LogP contribution in [0.5, 0.6) is 5.75 Å². The third-order valence-electron chi connectivity index (χ3n) is 7.22. The fourth-order valence-corrected chi connectivity index (χ4v) is 5.09. The fourth-order valence-electron chi connectivity index (χ4n) is 4.83. The van der Waals surface area contributed by atoms with Gasteiger partial charge in [-0.3, -0.25) is 18.9 Å². The van der Waals surface area contributed by atoms with Crippen molar-refractivity contribution in [2.45, 2.75) is 13.0 Å². The Hall–Kier alpha value is -4.84. The molecule has 3 heterocycles. The number of carbonyl (C=O) groups is 2. The van der Waals surface area contributed by atoms with Crippen molar-refractivity contribution in [1.82, 2.24) is 29.1 Å². The smallest absolute Gasteiger partial charge is 0.290 e. The minimum Gasteiger partial charge on any atom is -0.483 e. The Bertz CT molecular complexity index is 1740. The summed E-state index contributed by atoms with van der Waals surface area (Å²) in [6, 6.07) is 9.52. The fraction of sp³-hybridized carbons (Fsp3) is 0.323. The zero-order valence-corrected chi connectivity index (χ0v) is 26.2. The Morgan fingerprint density at radius 2 is 1.91 bits per heavy atom. The summed E-state index contributed by atoms with van der Waals surface area (Å²) < 4.78 is 36.5. The van der Waals surface area contributed by atoms with Crippen LogP contribution < -0.4 is 10.1 Å². The maximum atomic E-state index is 15.1. The third-order valence-corrected chi connectivity index (χ3v) is 7.53. The summed E-state index contributed by atoms with van der Waals surface area (Å²) in [5, 5.41) is 19.3. The standard InChI is InChI=1S/C30H31ClF2N8O2.CH2O2/c1-19(17-34)43-25-7-6-22(26(32)27(25)33)24-18-36-29-28(35-8-9-41(24)29)37-20-4-5-21(23(31)16-20)30(42)40-14-12-39(13-15-40)11-10-38(2)3;2-1-3/h4-9,16,18-19H,10-15H2,1-3H3,(H,35,37);1H,(H,2,3). The highest BCUT2D eigenvalue weighted by atomic mass is 35.5. The van der Waals surface area contributed by atoms with E-state index >= 15 is 4.39 Å². The first kappa shape index (κ1) is 34.0. The van der Waals surface area contributed by atoms with E-state index in [1.165, 1.54) is 31.5 Å². The van der Waals surface area contributed by atoms with Crippen LogP contribution in [-0.2, 0) is 4.79 Å². The zero-order valence-electron chi connectivity index (χ0n) is 25.5. The van der Waals surface area contributed by atoms with Gasteiger partial charge in [-0.05, 0) is 51.4 Å². The lowest BCUT2D eigenvalue weighted by molar-refractivity contribution is -0.122. The summed E-state index contributed by atoms with van der Waals surface area (Å²) in [4.78, 5) is 36.6. The van der Waals surface area contributed by atoms with Crippen molar-refractivity contribution < 1.29 is 28.2 Å². The molecule has 1 aliphatic rings. The molecule has 0 saturated carbocycles. The molecule has 4 aromatic rings. The van der Waals surface area contributed by atoms with E-state index in [2.05, 4.69) is 25.1 Å². The summed E-state index contributed by atoms with van der Waals surface area (Å²) in [6.07, 6.45) is 3.55. The van der Waals surface area contributed by atoms with Gasteiger partial charge in [0.2, 0.25) is 5.82 Å². The highest BCUT2D eigenvalue weighted by molar-refractivity contribution is 6.34. The molecule has 5 rings (SSSR count). The number of hydrogen-bond donors (Lipinski definition) is 2. The molecule has 242 valence electrons. The Labute approximate surface area is 269 Å². The molecule has 1 atom stereocenters. The molecule has 0 radical (unpaired) electrons. The maximum absolute atomic E-state index is 15.1. The number of aromatic nitrogens is 3. The number of nitriles is 1. The van der Waals surface area contributed by atoms with Crippen LogP contribution in [0.2, 0.25) is 5.02 Å². The predicted octanol–water partition coefficient (Wildman–Crippen LogP) is 4.38. The van der Waals surface area contributed by atoms with E-state index in [0.29, 0.717) is 40.8 Å². The number of anilines is 2. The number of carbonyl (C=O) groups excluding carboxylic acids is 1. The number of halogens is 3. The quantitative estimate of drug-likeness (QED) is 0.250. The van der Waals surface area contributed by atoms with Gasteiger partial charge in [0.25, 0.3) is 12.4 Å². The van der Waals surface area contributed by atoms with Gasteiger partial charge in [-0.1, -0.05) is 11.6 Å². The molecule has 12 nitrogen and oxygen atoms in total. The Morgan fingerprint density at radius 1 is 1.20 bits per heavy atom. The molecular weight excluding hydrogens is 622 g/mol. The third kappa shape index (κ3) is 7.86. The molecule has 1 aliphatic heterocycles. The second kappa shape index (κ2) is 15.4. The highest BCUT2D eigenvalue weighted by Gasteiger charge is 2.24. The molecule has 15 heteroatoms. The second-order valence-corrected chi connectivity index (χ2v) is 11.0. The summed E-state index contributed by atoms with van der Waals surface area (Å²) >= 11 is 6.56. The zero-order chi connectivity index (χ0) is 33.4. The van der Waals surface area contributed by atoms with Gasteiger partial charge in [0.05, 0.1) is 22.5 Å². The van der Waals surface area contributed by atoms with Crippen molar-refractivity contribution in [3.63, 3.8) is 0 Å². The van der Waals surface area contributed by atoms with Gasteiger partial charge in [-0.25, -0.2) is 14.4 Å². The first-order chi connectivity index (χ1) is 22.1. The average molecular weight is 655 g/mol. The monoisotopic (exact) mass is 654 g/mol. The van der Waals surface area contributed by atoms with E-state index in [0.717, 1.165) is 26.2 Å². The number of nitrogens with one attached hydrogen (secondary N) is 1. The number of carboxylic acid groups (broad SMARTS) is 1. The second-order valence-electron chi connectivity index (χ2n) is 10.6. The van der Waals surface area contributed by atoms with Gasteiger partial charge in [-0.15, -0.1) is 0 Å². The molecule has 1 saturated heterocycles. The minimum atomic E-state index is -1.20. The van der Waals surface area contributed by atoms with Crippen molar-refractivity contribution in [3.05, 3.63) is 71.1 Å². The molecule has 1 amide bonds. The number of likely N-dealkylation sites (N-methyl/N-ethyl adjacent to an activating group) is 1. The number of hydrogen-bond acceptors (Lipinski definition) is 9. The number of benzene rings is 2. The van der Waals surface area contributed by atoms with E-state index in [1.807, 2.05) is 25.1 Å². The van der Waals surface area contributed by atoms with Gasteiger partial charge in [0, 0.05) is 62.9 Å². The van der Waals surface area contributed by atoms with Crippen LogP contribution >= 0.6 is 11.6 Å². The molecule has 2 aromatic carbocycles. The lowest BCUT2D eigenvalue weighted by Crippen LogP contribution is -2.50. The molecule has 0 aliphatic carbocycles. The number of imidazole rings is 1. The van der Waals surface area contributed by atoms with Crippen molar-refractivity contribution >= 4 is 41.1 Å². The lowest BCUT2D eigenvalue weighted by Gasteiger charge is -2.35. The average Bonchev–Trinajstić information content (AvgIpc) is 3.47.